The van der Waals surface area contributed by atoms with Crippen LogP contribution in [0.4, 0.5) is 5.69 Å². The molecule has 1 aromatic heterocycles. The number of nitrogens with two attached hydrogens (primary N) is 1. The van der Waals surface area contributed by atoms with Gasteiger partial charge < -0.3 is 20.0 Å². The third-order valence-electron chi connectivity index (χ3n) is 3.76. The van der Waals surface area contributed by atoms with Crippen LogP contribution in [0.5, 0.6) is 0 Å². The fourth-order valence-electron chi connectivity index (χ4n) is 2.55. The lowest BCUT2D eigenvalue weighted by Gasteiger charge is -2.33. The lowest BCUT2D eigenvalue weighted by Crippen LogP contribution is -2.50. The Morgan fingerprint density at radius 1 is 1.10 bits per heavy atom. The molecule has 0 unspecified atom stereocenters. The van der Waals surface area contributed by atoms with Gasteiger partial charge in [0.05, 0.1) is 0 Å². The van der Waals surface area contributed by atoms with Crippen molar-refractivity contribution in [3.8, 4) is 0 Å². The van der Waals surface area contributed by atoms with Gasteiger partial charge in [0, 0.05) is 44.2 Å². The van der Waals surface area contributed by atoms with Crippen molar-refractivity contribution in [3.63, 3.8) is 0 Å². The number of nitrogens with zero attached hydrogens (tertiary/aromatic N) is 2. The molecule has 1 aliphatic rings. The number of benzene rings is 1. The highest BCUT2D eigenvalue weighted by atomic mass is 16.3. The Bertz CT molecular complexity index is 699. The molecule has 2 heterocycles. The first-order chi connectivity index (χ1) is 10.0. The first-order valence-corrected chi connectivity index (χ1v) is 6.88. The van der Waals surface area contributed by atoms with E-state index in [-0.39, 0.29) is 11.8 Å². The van der Waals surface area contributed by atoms with Gasteiger partial charge in [0.1, 0.15) is 5.58 Å². The third-order valence-corrected chi connectivity index (χ3v) is 3.76. The fourth-order valence-corrected chi connectivity index (χ4v) is 2.55. The van der Waals surface area contributed by atoms with Crippen LogP contribution in [0.15, 0.2) is 28.7 Å². The quantitative estimate of drug-likeness (QED) is 0.802. The minimum atomic E-state index is -0.145. The number of furan rings is 1. The number of hydrogen-bond acceptors (Lipinski definition) is 4. The smallest absolute Gasteiger partial charge is 0.289 e. The average Bonchev–Trinajstić information content (AvgIpc) is 2.89. The van der Waals surface area contributed by atoms with Crippen LogP contribution in [-0.2, 0) is 4.79 Å². The van der Waals surface area contributed by atoms with E-state index >= 15 is 0 Å². The predicted octanol–water partition coefficient (Wildman–Crippen LogP) is 1.32. The van der Waals surface area contributed by atoms with Crippen LogP contribution in [0, 0.1) is 0 Å². The summed E-state index contributed by atoms with van der Waals surface area (Å²) < 4.78 is 5.59. The second-order valence-corrected chi connectivity index (χ2v) is 5.21. The normalized spacial score (nSPS) is 15.5. The first-order valence-electron chi connectivity index (χ1n) is 6.88. The lowest BCUT2D eigenvalue weighted by atomic mass is 10.2. The van der Waals surface area contributed by atoms with Gasteiger partial charge in [-0.25, -0.2) is 0 Å². The number of fused-ring (bicyclic) bond motifs is 1. The zero-order valence-electron chi connectivity index (χ0n) is 11.8. The van der Waals surface area contributed by atoms with Gasteiger partial charge in [0.2, 0.25) is 5.91 Å². The van der Waals surface area contributed by atoms with Crippen molar-refractivity contribution in [1.29, 1.82) is 0 Å². The number of nitrogen functional groups attached to an aromatic ring is 1. The van der Waals surface area contributed by atoms with Crippen molar-refractivity contribution in [2.75, 3.05) is 31.9 Å². The van der Waals surface area contributed by atoms with Gasteiger partial charge in [0.15, 0.2) is 5.76 Å². The van der Waals surface area contributed by atoms with E-state index in [0.29, 0.717) is 43.2 Å². The first kappa shape index (κ1) is 13.5. The molecule has 21 heavy (non-hydrogen) atoms. The minimum absolute atomic E-state index is 0.0429. The van der Waals surface area contributed by atoms with E-state index in [4.69, 9.17) is 10.2 Å². The highest BCUT2D eigenvalue weighted by molar-refractivity contribution is 5.96. The summed E-state index contributed by atoms with van der Waals surface area (Å²) in [6.45, 7) is 3.72. The van der Waals surface area contributed by atoms with Gasteiger partial charge in [-0.2, -0.15) is 0 Å². The van der Waals surface area contributed by atoms with Gasteiger partial charge in [-0.1, -0.05) is 0 Å². The fraction of sp³-hybridized carbons (Fsp3) is 0.333. The standard InChI is InChI=1S/C15H17N3O3/c1-10(19)17-4-6-18(7-5-17)15(20)14-9-11-8-12(16)2-3-13(11)21-14/h2-3,8-9H,4-7,16H2,1H3. The highest BCUT2D eigenvalue weighted by Gasteiger charge is 2.25. The van der Waals surface area contributed by atoms with Gasteiger partial charge in [-0.05, 0) is 24.3 Å². The molecular formula is C15H17N3O3. The second-order valence-electron chi connectivity index (χ2n) is 5.21. The molecule has 1 saturated heterocycles. The molecule has 0 aliphatic carbocycles. The molecular weight excluding hydrogens is 270 g/mol. The van der Waals surface area contributed by atoms with Gasteiger partial charge in [0.25, 0.3) is 5.91 Å². The Kier molecular flexibility index (Phi) is 3.29. The Balaban J connectivity index is 1.76. The maximum absolute atomic E-state index is 12.4. The molecule has 1 aliphatic heterocycles. The van der Waals surface area contributed by atoms with Gasteiger partial charge in [-0.3, -0.25) is 9.59 Å². The molecule has 110 valence electrons. The summed E-state index contributed by atoms with van der Waals surface area (Å²) >= 11 is 0. The third kappa shape index (κ3) is 2.56. The van der Waals surface area contributed by atoms with Crippen LogP contribution in [-0.4, -0.2) is 47.8 Å². The van der Waals surface area contributed by atoms with E-state index < -0.39 is 0 Å². The Morgan fingerprint density at radius 3 is 2.43 bits per heavy atom. The van der Waals surface area contributed by atoms with Crippen LogP contribution in [0.2, 0.25) is 0 Å². The Morgan fingerprint density at radius 2 is 1.76 bits per heavy atom. The second kappa shape index (κ2) is 5.12. The molecule has 1 aromatic carbocycles. The molecule has 2 aromatic rings. The lowest BCUT2D eigenvalue weighted by molar-refractivity contribution is -0.130. The molecule has 2 amide bonds. The molecule has 0 spiro atoms. The van der Waals surface area contributed by atoms with E-state index in [0.717, 1.165) is 5.39 Å². The van der Waals surface area contributed by atoms with E-state index in [1.807, 2.05) is 0 Å². The monoisotopic (exact) mass is 287 g/mol. The van der Waals surface area contributed by atoms with Crippen molar-refractivity contribution in [1.82, 2.24) is 9.80 Å². The summed E-state index contributed by atoms with van der Waals surface area (Å²) in [6, 6.07) is 7.00. The van der Waals surface area contributed by atoms with Gasteiger partial charge in [-0.15, -0.1) is 0 Å². The van der Waals surface area contributed by atoms with Gasteiger partial charge >= 0.3 is 0 Å². The summed E-state index contributed by atoms with van der Waals surface area (Å²) in [6.07, 6.45) is 0. The molecule has 3 rings (SSSR count). The zero-order chi connectivity index (χ0) is 15.0. The molecule has 0 saturated carbocycles. The molecule has 6 nitrogen and oxygen atoms in total. The summed E-state index contributed by atoms with van der Waals surface area (Å²) in [5.74, 6) is 0.209. The Labute approximate surface area is 122 Å². The van der Waals surface area contributed by atoms with E-state index in [9.17, 15) is 9.59 Å². The molecule has 0 radical (unpaired) electrons. The van der Waals surface area contributed by atoms with Crippen LogP contribution in [0.3, 0.4) is 0 Å². The maximum Gasteiger partial charge on any atom is 0.289 e. The molecule has 6 heteroatoms. The SMILES string of the molecule is CC(=O)N1CCN(C(=O)c2cc3cc(N)ccc3o2)CC1. The van der Waals surface area contributed by atoms with Crippen molar-refractivity contribution >= 4 is 28.5 Å². The summed E-state index contributed by atoms with van der Waals surface area (Å²) in [7, 11) is 0. The number of piperazine rings is 1. The maximum atomic E-state index is 12.4. The Hall–Kier alpha value is -2.50. The van der Waals surface area contributed by atoms with Crippen LogP contribution in [0.25, 0.3) is 11.0 Å². The largest absolute Gasteiger partial charge is 0.451 e. The molecule has 1 fully saturated rings. The van der Waals surface area contributed by atoms with Crippen molar-refractivity contribution < 1.29 is 14.0 Å². The number of carbonyl (C=O) groups excluding carboxylic acids is 2. The summed E-state index contributed by atoms with van der Waals surface area (Å²) in [4.78, 5) is 27.2. The number of rotatable bonds is 1. The molecule has 0 atom stereocenters. The predicted molar refractivity (Wildman–Crippen MR) is 78.8 cm³/mol. The molecule has 2 N–H and O–H groups in total. The van der Waals surface area contributed by atoms with Crippen LogP contribution in [0.1, 0.15) is 17.5 Å². The number of amides is 2. The molecule has 0 bridgehead atoms. The van der Waals surface area contributed by atoms with E-state index in [1.54, 1.807) is 41.0 Å². The van der Waals surface area contributed by atoms with E-state index in [1.165, 1.54) is 0 Å². The summed E-state index contributed by atoms with van der Waals surface area (Å²) in [5, 5.41) is 0.820. The van der Waals surface area contributed by atoms with Crippen molar-refractivity contribution in [2.24, 2.45) is 0 Å². The number of hydrogen-bond donors (Lipinski definition) is 1. The van der Waals surface area contributed by atoms with Crippen molar-refractivity contribution in [2.45, 2.75) is 6.92 Å². The zero-order valence-corrected chi connectivity index (χ0v) is 11.8. The number of carbonyl (C=O) groups is 2. The number of anilines is 1. The topological polar surface area (TPSA) is 79.8 Å². The van der Waals surface area contributed by atoms with Crippen molar-refractivity contribution in [3.05, 3.63) is 30.0 Å². The average molecular weight is 287 g/mol. The van der Waals surface area contributed by atoms with Crippen LogP contribution < -0.4 is 5.73 Å². The minimum Gasteiger partial charge on any atom is -0.451 e. The summed E-state index contributed by atoms with van der Waals surface area (Å²) in [5.41, 5.74) is 7.01. The van der Waals surface area contributed by atoms with E-state index in [2.05, 4.69) is 0 Å². The highest BCUT2D eigenvalue weighted by Crippen LogP contribution is 2.23. The van der Waals surface area contributed by atoms with Crippen LogP contribution >= 0.6 is 0 Å².